The van der Waals surface area contributed by atoms with Gasteiger partial charge in [-0.2, -0.15) is 13.2 Å². The number of aliphatic hydroxyl groups is 1. The molecule has 0 radical (unpaired) electrons. The number of benzene rings is 5. The zero-order chi connectivity index (χ0) is 53.2. The van der Waals surface area contributed by atoms with Crippen LogP contribution < -0.4 is 19.8 Å². The fourth-order valence-corrected chi connectivity index (χ4v) is 13.9. The molecular formula is C52H57F5N6O7S4. The average molecular weight is 1100 g/mol. The van der Waals surface area contributed by atoms with Crippen LogP contribution in [0.2, 0.25) is 0 Å². The number of aromatic nitrogens is 1. The first-order valence-electron chi connectivity index (χ1n) is 24.0. The van der Waals surface area contributed by atoms with Crippen molar-refractivity contribution in [1.29, 1.82) is 0 Å². The fraction of sp³-hybridized carbons (Fsp3) is 0.346. The van der Waals surface area contributed by atoms with E-state index in [2.05, 4.69) is 14.9 Å². The number of thioether (sulfide) groups is 1. The Bertz CT molecular complexity index is 3290. The minimum absolute atomic E-state index is 0.0521. The predicted molar refractivity (Wildman–Crippen MR) is 281 cm³/mol. The number of alkyl halides is 3. The van der Waals surface area contributed by atoms with Crippen molar-refractivity contribution in [3.05, 3.63) is 133 Å². The van der Waals surface area contributed by atoms with Crippen LogP contribution >= 0.6 is 11.8 Å². The van der Waals surface area contributed by atoms with E-state index in [1.807, 2.05) is 51.6 Å². The number of anilines is 4. The summed E-state index contributed by atoms with van der Waals surface area (Å²) < 4.78 is 157. The van der Waals surface area contributed by atoms with Gasteiger partial charge in [0.25, 0.3) is 19.9 Å². The number of piperazine rings is 1. The van der Waals surface area contributed by atoms with Crippen LogP contribution in [0, 0.1) is 18.6 Å². The summed E-state index contributed by atoms with van der Waals surface area (Å²) in [7, 11) is -14.5. The quantitative estimate of drug-likeness (QED) is 0.0553. The Hall–Kier alpha value is -5.65. The lowest BCUT2D eigenvalue weighted by Gasteiger charge is -2.37. The van der Waals surface area contributed by atoms with Crippen molar-refractivity contribution >= 4 is 64.2 Å². The number of nitrogens with zero attached hydrogens (tertiary/aromatic N) is 4. The Kier molecular flexibility index (Phi) is 16.4. The van der Waals surface area contributed by atoms with Gasteiger partial charge >= 0.3 is 5.51 Å². The Morgan fingerprint density at radius 1 is 0.743 bits per heavy atom. The number of rotatable bonds is 18. The van der Waals surface area contributed by atoms with Crippen molar-refractivity contribution in [3.63, 3.8) is 0 Å². The molecule has 0 saturated carbocycles. The lowest BCUT2D eigenvalue weighted by atomic mass is 10.00. The number of aliphatic hydroxyl groups excluding tert-OH is 1. The number of halogens is 5. The highest BCUT2D eigenvalue weighted by Gasteiger charge is 2.48. The molecule has 74 heavy (non-hydrogen) atoms. The van der Waals surface area contributed by atoms with Gasteiger partial charge in [-0.15, -0.1) is 11.8 Å². The van der Waals surface area contributed by atoms with Gasteiger partial charge in [0.2, 0.25) is 0 Å². The molecule has 1 aromatic heterocycles. The zero-order valence-electron chi connectivity index (χ0n) is 40.8. The lowest BCUT2D eigenvalue weighted by molar-refractivity contribution is -0.0435. The van der Waals surface area contributed by atoms with Crippen molar-refractivity contribution in [3.8, 4) is 22.4 Å². The van der Waals surface area contributed by atoms with Gasteiger partial charge in [-0.05, 0) is 141 Å². The topological polar surface area (TPSA) is 161 Å². The summed E-state index contributed by atoms with van der Waals surface area (Å²) in [5, 5.41) is 13.0. The van der Waals surface area contributed by atoms with Gasteiger partial charge in [-0.3, -0.25) is 4.72 Å². The number of sulfonamides is 1. The van der Waals surface area contributed by atoms with Crippen LogP contribution in [0.5, 0.6) is 0 Å². The predicted octanol–water partition coefficient (Wildman–Crippen LogP) is 9.67. The number of likely N-dealkylation sites (tertiary alicyclic amines) is 1. The monoisotopic (exact) mass is 1100 g/mol. The van der Waals surface area contributed by atoms with Crippen molar-refractivity contribution in [2.75, 3.05) is 77.7 Å². The molecule has 2 aliphatic heterocycles. The van der Waals surface area contributed by atoms with Crippen molar-refractivity contribution < 1.29 is 52.3 Å². The number of piperidine rings is 1. The third kappa shape index (κ3) is 12.4. The van der Waals surface area contributed by atoms with Crippen LogP contribution in [-0.2, 0) is 36.2 Å². The summed E-state index contributed by atoms with van der Waals surface area (Å²) >= 11 is 1.43. The first-order valence-corrected chi connectivity index (χ1v) is 29.8. The molecule has 1 atom stereocenters. The second-order valence-electron chi connectivity index (χ2n) is 18.4. The fourth-order valence-electron chi connectivity index (χ4n) is 9.56. The number of hydrogen-bond acceptors (Lipinski definition) is 12. The van der Waals surface area contributed by atoms with E-state index in [1.54, 1.807) is 37.3 Å². The summed E-state index contributed by atoms with van der Waals surface area (Å²) in [6, 6.07) is 27.7. The normalized spacial score (nSPS) is 15.9. The van der Waals surface area contributed by atoms with Gasteiger partial charge in [0.15, 0.2) is 9.84 Å². The third-order valence-electron chi connectivity index (χ3n) is 13.3. The van der Waals surface area contributed by atoms with Crippen LogP contribution in [0.3, 0.4) is 0 Å². The molecule has 3 heterocycles. The van der Waals surface area contributed by atoms with E-state index in [0.29, 0.717) is 123 Å². The Balaban J connectivity index is 0.981. The second-order valence-corrected chi connectivity index (χ2v) is 25.1. The van der Waals surface area contributed by atoms with E-state index in [1.165, 1.54) is 48.2 Å². The highest BCUT2D eigenvalue weighted by molar-refractivity contribution is 7.99. The lowest BCUT2D eigenvalue weighted by Crippen LogP contribution is -2.46. The van der Waals surface area contributed by atoms with Crippen LogP contribution in [-0.4, -0.2) is 115 Å². The largest absolute Gasteiger partial charge is 0.501 e. The molecule has 8 rings (SSSR count). The third-order valence-corrected chi connectivity index (χ3v) is 18.7. The zero-order valence-corrected chi connectivity index (χ0v) is 44.1. The number of sulfone groups is 2. The molecule has 13 nitrogen and oxygen atoms in total. The minimum Gasteiger partial charge on any atom is -0.393 e. The highest BCUT2D eigenvalue weighted by atomic mass is 32.2. The maximum Gasteiger partial charge on any atom is 0.501 e. The van der Waals surface area contributed by atoms with E-state index >= 15 is 4.39 Å². The molecule has 0 amide bonds. The second kappa shape index (κ2) is 22.3. The maximum atomic E-state index is 15.7. The molecule has 2 aliphatic rings. The van der Waals surface area contributed by atoms with Gasteiger partial charge in [-0.1, -0.05) is 18.2 Å². The van der Waals surface area contributed by atoms with Crippen molar-refractivity contribution in [2.45, 2.75) is 76.9 Å². The SMILES string of the molecule is CCn1c(C)c(S(C)(=O)=O)c(-c2cc(F)cc(N3CCN(c4ccc(NS(=O)(=O)c5ccc(N[C@H](CCN6CCC(O)CC6)CSc6ccccc6)c(S(=O)(=O)C(F)(F)F)c5)cc4)CC3)c2)c1-c1ccc(F)cc1. The summed E-state index contributed by atoms with van der Waals surface area (Å²) in [6.07, 6.45) is 2.27. The van der Waals surface area contributed by atoms with Crippen LogP contribution in [0.4, 0.5) is 44.7 Å². The first kappa shape index (κ1) is 54.6. The molecule has 0 bridgehead atoms. The summed E-state index contributed by atoms with van der Waals surface area (Å²) in [6.45, 7) is 7.46. The van der Waals surface area contributed by atoms with Crippen molar-refractivity contribution in [2.24, 2.45) is 0 Å². The molecule has 5 aromatic carbocycles. The van der Waals surface area contributed by atoms with E-state index in [4.69, 9.17) is 0 Å². The Morgan fingerprint density at radius 3 is 1.99 bits per heavy atom. The molecule has 396 valence electrons. The standard InChI is InChI=1S/C52H57F5N6O7S4/c1-4-63-35(2)51(72(3,65)66)49(50(63)36-10-12-38(53)13-11-36)37-30-39(54)32-43(31-37)62-28-26-61(27-29-62)42-16-14-40(15-17-42)59-74(69,70)46-18-19-47(48(33-46)73(67,68)52(55,56)57)58-41(34-71-45-8-6-5-7-9-45)20-23-60-24-21-44(64)22-25-60/h5-19,30-33,41,44,58-59,64H,4,20-29,34H2,1-3H3/t41-/m1/s1. The minimum atomic E-state index is -6.06. The van der Waals surface area contributed by atoms with Gasteiger partial charge in [-0.25, -0.2) is 34.0 Å². The Morgan fingerprint density at radius 2 is 1.38 bits per heavy atom. The molecule has 0 aliphatic carbocycles. The van der Waals surface area contributed by atoms with E-state index in [0.717, 1.165) is 23.3 Å². The summed E-state index contributed by atoms with van der Waals surface area (Å²) in [5.74, 6) is -0.700. The van der Waals surface area contributed by atoms with E-state index in [9.17, 15) is 47.9 Å². The van der Waals surface area contributed by atoms with Crippen LogP contribution in [0.25, 0.3) is 22.4 Å². The van der Waals surface area contributed by atoms with Gasteiger partial charge in [0.05, 0.1) is 27.3 Å². The molecule has 3 N–H and O–H groups in total. The molecular weight excluding hydrogens is 1040 g/mol. The van der Waals surface area contributed by atoms with Crippen LogP contribution in [0.1, 0.15) is 31.9 Å². The molecule has 22 heteroatoms. The number of hydrogen-bond donors (Lipinski definition) is 3. The maximum absolute atomic E-state index is 15.7. The molecule has 0 spiro atoms. The van der Waals surface area contributed by atoms with Crippen LogP contribution in [0.15, 0.2) is 135 Å². The molecule has 0 unspecified atom stereocenters. The highest BCUT2D eigenvalue weighted by Crippen LogP contribution is 2.44. The number of nitrogens with one attached hydrogen (secondary N) is 2. The summed E-state index contributed by atoms with van der Waals surface area (Å²) in [5.41, 5.74) is -2.65. The van der Waals surface area contributed by atoms with Crippen molar-refractivity contribution in [1.82, 2.24) is 9.47 Å². The summed E-state index contributed by atoms with van der Waals surface area (Å²) in [4.78, 5) is 5.13. The van der Waals surface area contributed by atoms with Gasteiger partial charge < -0.3 is 29.7 Å². The van der Waals surface area contributed by atoms with E-state index < -0.39 is 74.5 Å². The van der Waals surface area contributed by atoms with Gasteiger partial charge in [0, 0.05) is 104 Å². The molecule has 2 saturated heterocycles. The smallest absolute Gasteiger partial charge is 0.393 e. The Labute approximate surface area is 433 Å². The van der Waals surface area contributed by atoms with E-state index in [-0.39, 0.29) is 10.6 Å². The molecule has 6 aromatic rings. The van der Waals surface area contributed by atoms with Gasteiger partial charge in [0.1, 0.15) is 16.5 Å². The first-order chi connectivity index (χ1) is 35.0. The molecule has 2 fully saturated rings. The average Bonchev–Trinajstić information content (AvgIpc) is 3.68.